The van der Waals surface area contributed by atoms with E-state index in [9.17, 15) is 0 Å². The van der Waals surface area contributed by atoms with Crippen molar-refractivity contribution in [2.45, 2.75) is 6.04 Å². The Morgan fingerprint density at radius 3 is 2.93 bits per heavy atom. The summed E-state index contributed by atoms with van der Waals surface area (Å²) in [7, 11) is 4.06. The van der Waals surface area contributed by atoms with E-state index in [1.165, 1.54) is 0 Å². The number of aliphatic hydroxyl groups excluding tert-OH is 1. The van der Waals surface area contributed by atoms with E-state index in [2.05, 4.69) is 15.2 Å². The smallest absolute Gasteiger partial charge is 0.0794 e. The standard InChI is InChI=1S/C9H17N3OS/c1-12(2)4-3-11-8(6-13)9-5-10-7-14-9/h5,7-8,11,13H,3-4,6H2,1-2H3. The van der Waals surface area contributed by atoms with E-state index < -0.39 is 0 Å². The van der Waals surface area contributed by atoms with Crippen LogP contribution in [0.15, 0.2) is 11.7 Å². The van der Waals surface area contributed by atoms with E-state index in [4.69, 9.17) is 5.11 Å². The van der Waals surface area contributed by atoms with Gasteiger partial charge in [0, 0.05) is 24.2 Å². The molecule has 0 aliphatic carbocycles. The van der Waals surface area contributed by atoms with E-state index in [-0.39, 0.29) is 12.6 Å². The zero-order valence-electron chi connectivity index (χ0n) is 8.60. The van der Waals surface area contributed by atoms with Gasteiger partial charge in [0.25, 0.3) is 0 Å². The molecule has 0 fully saturated rings. The fourth-order valence-corrected chi connectivity index (χ4v) is 1.80. The Morgan fingerprint density at radius 2 is 2.43 bits per heavy atom. The molecule has 0 aromatic carbocycles. The first-order chi connectivity index (χ1) is 6.74. The van der Waals surface area contributed by atoms with Crippen molar-refractivity contribution in [1.29, 1.82) is 0 Å². The van der Waals surface area contributed by atoms with Crippen molar-refractivity contribution in [3.63, 3.8) is 0 Å². The van der Waals surface area contributed by atoms with E-state index in [0.29, 0.717) is 0 Å². The number of nitrogens with one attached hydrogen (secondary N) is 1. The van der Waals surface area contributed by atoms with Gasteiger partial charge in [-0.1, -0.05) is 0 Å². The van der Waals surface area contributed by atoms with Crippen LogP contribution in [0.1, 0.15) is 10.9 Å². The first-order valence-electron chi connectivity index (χ1n) is 4.61. The van der Waals surface area contributed by atoms with Gasteiger partial charge in [-0.05, 0) is 14.1 Å². The second-order valence-electron chi connectivity index (χ2n) is 3.40. The highest BCUT2D eigenvalue weighted by molar-refractivity contribution is 7.09. The van der Waals surface area contributed by atoms with E-state index in [1.807, 2.05) is 14.1 Å². The Hall–Kier alpha value is -0.490. The van der Waals surface area contributed by atoms with E-state index in [0.717, 1.165) is 18.0 Å². The molecule has 1 aromatic rings. The first kappa shape index (κ1) is 11.6. The minimum absolute atomic E-state index is 0.0300. The van der Waals surface area contributed by atoms with Crippen molar-refractivity contribution in [3.8, 4) is 0 Å². The number of aliphatic hydroxyl groups is 1. The van der Waals surface area contributed by atoms with Crippen molar-refractivity contribution in [1.82, 2.24) is 15.2 Å². The number of hydrogen-bond donors (Lipinski definition) is 2. The molecular formula is C9H17N3OS. The molecule has 0 radical (unpaired) electrons. The topological polar surface area (TPSA) is 48.4 Å². The van der Waals surface area contributed by atoms with Gasteiger partial charge in [-0.15, -0.1) is 11.3 Å². The summed E-state index contributed by atoms with van der Waals surface area (Å²) in [6.45, 7) is 1.96. The van der Waals surface area contributed by atoms with Crippen LogP contribution in [0.25, 0.3) is 0 Å². The van der Waals surface area contributed by atoms with Crippen LogP contribution in [0.5, 0.6) is 0 Å². The normalized spacial score (nSPS) is 13.4. The Bertz CT molecular complexity index is 238. The summed E-state index contributed by atoms with van der Waals surface area (Å²) in [5.74, 6) is 0. The molecule has 0 spiro atoms. The number of aromatic nitrogens is 1. The minimum Gasteiger partial charge on any atom is -0.394 e. The lowest BCUT2D eigenvalue weighted by molar-refractivity contribution is 0.242. The molecule has 0 saturated carbocycles. The van der Waals surface area contributed by atoms with Crippen molar-refractivity contribution in [2.24, 2.45) is 0 Å². The number of rotatable bonds is 6. The molecule has 5 heteroatoms. The van der Waals surface area contributed by atoms with Gasteiger partial charge in [0.2, 0.25) is 0 Å². The molecule has 0 aliphatic rings. The molecule has 1 heterocycles. The van der Waals surface area contributed by atoms with E-state index >= 15 is 0 Å². The lowest BCUT2D eigenvalue weighted by atomic mass is 10.3. The van der Waals surface area contributed by atoms with Crippen LogP contribution in [0.4, 0.5) is 0 Å². The third-order valence-corrected chi connectivity index (χ3v) is 2.82. The fourth-order valence-electron chi connectivity index (χ4n) is 1.12. The maximum absolute atomic E-state index is 9.17. The second-order valence-corrected chi connectivity index (χ2v) is 4.31. The summed E-state index contributed by atoms with van der Waals surface area (Å²) in [5.41, 5.74) is 1.78. The van der Waals surface area contributed by atoms with Gasteiger partial charge in [-0.25, -0.2) is 0 Å². The van der Waals surface area contributed by atoms with Gasteiger partial charge >= 0.3 is 0 Å². The molecule has 2 N–H and O–H groups in total. The summed E-state index contributed by atoms with van der Waals surface area (Å²) in [6, 6.07) is 0.0300. The lowest BCUT2D eigenvalue weighted by Gasteiger charge is -2.16. The van der Waals surface area contributed by atoms with Crippen LogP contribution in [0.3, 0.4) is 0 Å². The quantitative estimate of drug-likeness (QED) is 0.718. The lowest BCUT2D eigenvalue weighted by Crippen LogP contribution is -2.31. The third-order valence-electron chi connectivity index (χ3n) is 1.93. The highest BCUT2D eigenvalue weighted by atomic mass is 32.1. The molecule has 80 valence electrons. The monoisotopic (exact) mass is 215 g/mol. The molecule has 1 rings (SSSR count). The first-order valence-corrected chi connectivity index (χ1v) is 5.49. The maximum Gasteiger partial charge on any atom is 0.0794 e. The Labute approximate surface area is 88.6 Å². The molecule has 1 unspecified atom stereocenters. The number of thiazole rings is 1. The number of likely N-dealkylation sites (N-methyl/N-ethyl adjacent to an activating group) is 1. The molecule has 0 bridgehead atoms. The van der Waals surface area contributed by atoms with Gasteiger partial charge < -0.3 is 15.3 Å². The van der Waals surface area contributed by atoms with Crippen LogP contribution in [0, 0.1) is 0 Å². The summed E-state index contributed by atoms with van der Waals surface area (Å²) >= 11 is 1.57. The number of nitrogens with zero attached hydrogens (tertiary/aromatic N) is 2. The predicted molar refractivity (Wildman–Crippen MR) is 58.5 cm³/mol. The predicted octanol–water partition coefficient (Wildman–Crippen LogP) is 0.328. The van der Waals surface area contributed by atoms with Crippen LogP contribution in [-0.2, 0) is 0 Å². The van der Waals surface area contributed by atoms with E-state index in [1.54, 1.807) is 23.0 Å². The van der Waals surface area contributed by atoms with Crippen molar-refractivity contribution >= 4 is 11.3 Å². The van der Waals surface area contributed by atoms with Crippen molar-refractivity contribution < 1.29 is 5.11 Å². The van der Waals surface area contributed by atoms with Gasteiger partial charge in [-0.3, -0.25) is 4.98 Å². The van der Waals surface area contributed by atoms with Crippen molar-refractivity contribution in [3.05, 3.63) is 16.6 Å². The highest BCUT2D eigenvalue weighted by Crippen LogP contribution is 2.15. The molecule has 14 heavy (non-hydrogen) atoms. The molecule has 1 aromatic heterocycles. The average Bonchev–Trinajstić information content (AvgIpc) is 2.64. The van der Waals surface area contributed by atoms with Gasteiger partial charge in [0.1, 0.15) is 0 Å². The minimum atomic E-state index is 0.0300. The maximum atomic E-state index is 9.17. The van der Waals surface area contributed by atoms with Crippen LogP contribution in [0.2, 0.25) is 0 Å². The van der Waals surface area contributed by atoms with Gasteiger partial charge in [-0.2, -0.15) is 0 Å². The molecule has 4 nitrogen and oxygen atoms in total. The number of hydrogen-bond acceptors (Lipinski definition) is 5. The summed E-state index contributed by atoms with van der Waals surface area (Å²) in [4.78, 5) is 7.19. The fraction of sp³-hybridized carbons (Fsp3) is 0.667. The molecule has 1 atom stereocenters. The summed E-state index contributed by atoms with van der Waals surface area (Å²) in [5, 5.41) is 12.4. The molecular weight excluding hydrogens is 198 g/mol. The third kappa shape index (κ3) is 3.71. The van der Waals surface area contributed by atoms with Gasteiger partial charge in [0.05, 0.1) is 18.2 Å². The highest BCUT2D eigenvalue weighted by Gasteiger charge is 2.10. The van der Waals surface area contributed by atoms with Gasteiger partial charge in [0.15, 0.2) is 0 Å². The zero-order chi connectivity index (χ0) is 10.4. The zero-order valence-corrected chi connectivity index (χ0v) is 9.42. The van der Waals surface area contributed by atoms with Crippen LogP contribution >= 0.6 is 11.3 Å². The largest absolute Gasteiger partial charge is 0.394 e. The molecule has 0 aliphatic heterocycles. The molecule has 0 amide bonds. The SMILES string of the molecule is CN(C)CCNC(CO)c1cncs1. The Morgan fingerprint density at radius 1 is 1.64 bits per heavy atom. The Balaban J connectivity index is 2.33. The van der Waals surface area contributed by atoms with Crippen LogP contribution < -0.4 is 5.32 Å². The second kappa shape index (κ2) is 6.08. The Kier molecular flexibility index (Phi) is 5.03. The van der Waals surface area contributed by atoms with Crippen molar-refractivity contribution in [2.75, 3.05) is 33.8 Å². The average molecular weight is 215 g/mol. The van der Waals surface area contributed by atoms with Crippen LogP contribution in [-0.4, -0.2) is 48.8 Å². The summed E-state index contributed by atoms with van der Waals surface area (Å²) < 4.78 is 0. The summed E-state index contributed by atoms with van der Waals surface area (Å²) in [6.07, 6.45) is 1.80. The molecule has 0 saturated heterocycles.